The molecule has 1 aromatic rings. The van der Waals surface area contributed by atoms with E-state index < -0.39 is 21.8 Å². The molecule has 0 spiro atoms. The van der Waals surface area contributed by atoms with Crippen LogP contribution < -0.4 is 10.0 Å². The van der Waals surface area contributed by atoms with E-state index in [1.807, 2.05) is 6.92 Å². The third-order valence-electron chi connectivity index (χ3n) is 5.09. The van der Waals surface area contributed by atoms with Crippen molar-refractivity contribution >= 4 is 15.7 Å². The molecule has 2 N–H and O–H groups in total. The number of nitrogens with one attached hydrogen (secondary N) is 2. The van der Waals surface area contributed by atoms with Crippen molar-refractivity contribution in [2.45, 2.75) is 63.4 Å². The Labute approximate surface area is 153 Å². The fourth-order valence-corrected chi connectivity index (χ4v) is 4.46. The fraction of sp³-hybridized carbons (Fsp3) is 0.667. The summed E-state index contributed by atoms with van der Waals surface area (Å²) in [7, 11) is -3.26. The van der Waals surface area contributed by atoms with Gasteiger partial charge in [-0.2, -0.15) is 13.2 Å². The fourth-order valence-electron chi connectivity index (χ4n) is 3.09. The predicted octanol–water partition coefficient (Wildman–Crippen LogP) is 4.39. The van der Waals surface area contributed by atoms with Gasteiger partial charge in [0, 0.05) is 18.3 Å². The minimum absolute atomic E-state index is 0.0173. The Kier molecular flexibility index (Phi) is 6.96. The molecule has 148 valence electrons. The van der Waals surface area contributed by atoms with Crippen molar-refractivity contribution in [3.05, 3.63) is 29.8 Å². The molecule has 1 saturated carbocycles. The van der Waals surface area contributed by atoms with Gasteiger partial charge in [-0.3, -0.25) is 0 Å². The highest BCUT2D eigenvalue weighted by Crippen LogP contribution is 2.30. The van der Waals surface area contributed by atoms with Crippen molar-refractivity contribution < 1.29 is 21.6 Å². The molecule has 0 bridgehead atoms. The maximum atomic E-state index is 12.6. The maximum absolute atomic E-state index is 12.6. The molecule has 2 rings (SSSR count). The average molecular weight is 392 g/mol. The Hall–Kier alpha value is -1.28. The first kappa shape index (κ1) is 21.0. The average Bonchev–Trinajstić information content (AvgIpc) is 2.59. The first-order chi connectivity index (χ1) is 12.1. The minimum Gasteiger partial charge on any atom is -0.385 e. The van der Waals surface area contributed by atoms with Crippen molar-refractivity contribution in [1.82, 2.24) is 4.72 Å². The number of halogens is 3. The van der Waals surface area contributed by atoms with Crippen LogP contribution in [0.4, 0.5) is 18.9 Å². The van der Waals surface area contributed by atoms with Gasteiger partial charge in [-0.15, -0.1) is 0 Å². The van der Waals surface area contributed by atoms with Gasteiger partial charge in [0.15, 0.2) is 0 Å². The monoisotopic (exact) mass is 392 g/mol. The van der Waals surface area contributed by atoms with Gasteiger partial charge >= 0.3 is 6.18 Å². The number of sulfonamides is 1. The SMILES string of the molecule is CCC(C)S(=O)(=O)N[C@H]1CC[C@H](CNc2ccc(C(F)(F)F)cc2)CC1. The Morgan fingerprint density at radius 2 is 1.69 bits per heavy atom. The molecule has 4 nitrogen and oxygen atoms in total. The Balaban J connectivity index is 1.77. The lowest BCUT2D eigenvalue weighted by molar-refractivity contribution is -0.137. The quantitative estimate of drug-likeness (QED) is 0.723. The van der Waals surface area contributed by atoms with Gasteiger partial charge in [0.05, 0.1) is 10.8 Å². The van der Waals surface area contributed by atoms with Crippen LogP contribution in [0, 0.1) is 5.92 Å². The van der Waals surface area contributed by atoms with E-state index in [0.717, 1.165) is 37.8 Å². The van der Waals surface area contributed by atoms with Crippen LogP contribution in [0.3, 0.4) is 0 Å². The number of rotatable bonds is 7. The molecule has 0 saturated heterocycles. The number of anilines is 1. The maximum Gasteiger partial charge on any atom is 0.416 e. The Bertz CT molecular complexity index is 667. The summed E-state index contributed by atoms with van der Waals surface area (Å²) in [6.45, 7) is 4.24. The zero-order valence-corrected chi connectivity index (χ0v) is 16.0. The lowest BCUT2D eigenvalue weighted by Gasteiger charge is -2.30. The van der Waals surface area contributed by atoms with Crippen LogP contribution in [0.15, 0.2) is 24.3 Å². The summed E-state index contributed by atoms with van der Waals surface area (Å²) >= 11 is 0. The van der Waals surface area contributed by atoms with E-state index in [1.165, 1.54) is 12.1 Å². The van der Waals surface area contributed by atoms with Crippen LogP contribution in [0.5, 0.6) is 0 Å². The molecule has 0 aromatic heterocycles. The normalized spacial score (nSPS) is 22.8. The topological polar surface area (TPSA) is 58.2 Å². The second-order valence-corrected chi connectivity index (χ2v) is 9.19. The molecule has 1 fully saturated rings. The van der Waals surface area contributed by atoms with Crippen molar-refractivity contribution in [3.8, 4) is 0 Å². The van der Waals surface area contributed by atoms with Crippen LogP contribution >= 0.6 is 0 Å². The van der Waals surface area contributed by atoms with Crippen LogP contribution in [-0.4, -0.2) is 26.3 Å². The van der Waals surface area contributed by atoms with Crippen LogP contribution in [-0.2, 0) is 16.2 Å². The Morgan fingerprint density at radius 1 is 1.12 bits per heavy atom. The van der Waals surface area contributed by atoms with E-state index in [9.17, 15) is 21.6 Å². The molecular formula is C18H27F3N2O2S. The number of hydrogen-bond acceptors (Lipinski definition) is 3. The summed E-state index contributed by atoms with van der Waals surface area (Å²) in [6, 6.07) is 5.01. The van der Waals surface area contributed by atoms with Crippen LogP contribution in [0.25, 0.3) is 0 Å². The van der Waals surface area contributed by atoms with Crippen LogP contribution in [0.1, 0.15) is 51.5 Å². The highest BCUT2D eigenvalue weighted by atomic mass is 32.2. The third kappa shape index (κ3) is 5.87. The van der Waals surface area contributed by atoms with Gasteiger partial charge in [-0.05, 0) is 69.2 Å². The van der Waals surface area contributed by atoms with E-state index in [2.05, 4.69) is 10.0 Å². The summed E-state index contributed by atoms with van der Waals surface area (Å²) < 4.78 is 64.7. The highest BCUT2D eigenvalue weighted by Gasteiger charge is 2.30. The van der Waals surface area contributed by atoms with Gasteiger partial charge in [-0.1, -0.05) is 6.92 Å². The van der Waals surface area contributed by atoms with Crippen molar-refractivity contribution in [2.75, 3.05) is 11.9 Å². The highest BCUT2D eigenvalue weighted by molar-refractivity contribution is 7.90. The smallest absolute Gasteiger partial charge is 0.385 e. The Morgan fingerprint density at radius 3 is 2.19 bits per heavy atom. The zero-order valence-electron chi connectivity index (χ0n) is 15.1. The summed E-state index contributed by atoms with van der Waals surface area (Å²) in [4.78, 5) is 0. The van der Waals surface area contributed by atoms with Gasteiger partial charge in [0.1, 0.15) is 0 Å². The first-order valence-electron chi connectivity index (χ1n) is 9.04. The molecule has 1 aromatic carbocycles. The first-order valence-corrected chi connectivity index (χ1v) is 10.6. The molecular weight excluding hydrogens is 365 g/mol. The predicted molar refractivity (Wildman–Crippen MR) is 97.5 cm³/mol. The van der Waals surface area contributed by atoms with Crippen molar-refractivity contribution in [1.29, 1.82) is 0 Å². The summed E-state index contributed by atoms with van der Waals surface area (Å²) in [6.07, 6.45) is -0.381. The lowest BCUT2D eigenvalue weighted by atomic mass is 9.86. The molecule has 0 heterocycles. The number of hydrogen-bond donors (Lipinski definition) is 2. The minimum atomic E-state index is -4.32. The molecule has 0 amide bonds. The van der Waals surface area contributed by atoms with E-state index in [1.54, 1.807) is 6.92 Å². The third-order valence-corrected chi connectivity index (χ3v) is 7.14. The molecule has 8 heteroatoms. The molecule has 1 aliphatic rings. The van der Waals surface area contributed by atoms with Crippen molar-refractivity contribution in [3.63, 3.8) is 0 Å². The second kappa shape index (κ2) is 8.61. The standard InChI is InChI=1S/C18H27F3N2O2S/c1-3-13(2)26(24,25)23-17-8-4-14(5-9-17)12-22-16-10-6-15(7-11-16)18(19,20)21/h6-7,10-11,13-14,17,22-23H,3-5,8-9,12H2,1-2H3/t13?,14-,17-. The molecule has 0 radical (unpaired) electrons. The molecule has 1 unspecified atom stereocenters. The van der Waals surface area contributed by atoms with Gasteiger partial charge < -0.3 is 5.32 Å². The van der Waals surface area contributed by atoms with E-state index in [-0.39, 0.29) is 11.3 Å². The molecule has 0 aliphatic heterocycles. The second-order valence-electron chi connectivity index (χ2n) is 7.06. The van der Waals surface area contributed by atoms with Crippen LogP contribution in [0.2, 0.25) is 0 Å². The van der Waals surface area contributed by atoms with E-state index in [0.29, 0.717) is 24.6 Å². The van der Waals surface area contributed by atoms with Gasteiger partial charge in [-0.25, -0.2) is 13.1 Å². The molecule has 1 atom stereocenters. The van der Waals surface area contributed by atoms with Gasteiger partial charge in [0.25, 0.3) is 0 Å². The number of alkyl halides is 3. The number of benzene rings is 1. The lowest BCUT2D eigenvalue weighted by Crippen LogP contribution is -2.42. The van der Waals surface area contributed by atoms with Gasteiger partial charge in [0.2, 0.25) is 10.0 Å². The molecule has 1 aliphatic carbocycles. The largest absolute Gasteiger partial charge is 0.416 e. The summed E-state index contributed by atoms with van der Waals surface area (Å²) in [5.74, 6) is 0.390. The van der Waals surface area contributed by atoms with E-state index in [4.69, 9.17) is 0 Å². The van der Waals surface area contributed by atoms with E-state index >= 15 is 0 Å². The zero-order chi connectivity index (χ0) is 19.4. The summed E-state index contributed by atoms with van der Waals surface area (Å²) in [5, 5.41) is 2.79. The summed E-state index contributed by atoms with van der Waals surface area (Å²) in [5.41, 5.74) is 0.00902. The van der Waals surface area contributed by atoms with Crippen molar-refractivity contribution in [2.24, 2.45) is 5.92 Å². The molecule has 26 heavy (non-hydrogen) atoms.